The van der Waals surface area contributed by atoms with Crippen molar-refractivity contribution in [3.8, 4) is 0 Å². The van der Waals surface area contributed by atoms with Gasteiger partial charge < -0.3 is 10.6 Å². The Morgan fingerprint density at radius 1 is 1.23 bits per heavy atom. The van der Waals surface area contributed by atoms with Gasteiger partial charge in [-0.05, 0) is 13.0 Å². The zero-order valence-corrected chi connectivity index (χ0v) is 19.3. The molecule has 30 heavy (non-hydrogen) atoms. The number of hydrogen-bond donors (Lipinski definition) is 2. The number of phosphoric ester groups is 1. The standard InChI is InChI=1S/C18H29N2O8PS/c1-5-6-13(21)11-15(23)30-10-9-19-14(22)7-8-20-17(24)16-18(2,3)12-27-29(25,26-4)28-16/h5-6,16H,7-12H2,1-4H3,(H,19,22)(H,20,24)/b6-5+/t16-,29?/m0/s1. The summed E-state index contributed by atoms with van der Waals surface area (Å²) in [5, 5.41) is 4.96. The highest BCUT2D eigenvalue weighted by molar-refractivity contribution is 8.13. The van der Waals surface area contributed by atoms with Crippen molar-refractivity contribution >= 4 is 42.3 Å². The summed E-state index contributed by atoms with van der Waals surface area (Å²) in [6, 6.07) is 0. The molecule has 0 spiro atoms. The molecular weight excluding hydrogens is 435 g/mol. The van der Waals surface area contributed by atoms with E-state index in [1.54, 1.807) is 26.8 Å². The van der Waals surface area contributed by atoms with Crippen LogP contribution >= 0.6 is 19.6 Å². The Labute approximate surface area is 180 Å². The summed E-state index contributed by atoms with van der Waals surface area (Å²) in [4.78, 5) is 47.1. The Balaban J connectivity index is 2.29. The number of ketones is 1. The van der Waals surface area contributed by atoms with Crippen LogP contribution in [0.25, 0.3) is 0 Å². The number of phosphoric acid groups is 1. The topological polar surface area (TPSA) is 137 Å². The predicted molar refractivity (Wildman–Crippen MR) is 112 cm³/mol. The Kier molecular flexibility index (Phi) is 10.9. The normalized spacial score (nSPS) is 23.1. The highest BCUT2D eigenvalue weighted by atomic mass is 32.2. The first kappa shape index (κ1) is 26.5. The molecule has 1 rings (SSSR count). The first-order valence-corrected chi connectivity index (χ1v) is 11.8. The van der Waals surface area contributed by atoms with Crippen LogP contribution in [0.15, 0.2) is 12.2 Å². The molecule has 1 aliphatic heterocycles. The quantitative estimate of drug-likeness (QED) is 0.202. The Hall–Kier alpha value is -1.52. The highest BCUT2D eigenvalue weighted by Gasteiger charge is 2.48. The first-order chi connectivity index (χ1) is 14.0. The number of thioether (sulfide) groups is 1. The molecule has 1 aliphatic rings. The maximum atomic E-state index is 12.4. The molecule has 1 saturated heterocycles. The van der Waals surface area contributed by atoms with E-state index < -0.39 is 25.2 Å². The van der Waals surface area contributed by atoms with Crippen molar-refractivity contribution in [3.05, 3.63) is 12.2 Å². The largest absolute Gasteiger partial charge is 0.475 e. The Morgan fingerprint density at radius 3 is 2.57 bits per heavy atom. The van der Waals surface area contributed by atoms with Crippen LogP contribution in [0.3, 0.4) is 0 Å². The van der Waals surface area contributed by atoms with Crippen molar-refractivity contribution in [2.24, 2.45) is 5.41 Å². The molecule has 0 aromatic rings. The fourth-order valence-electron chi connectivity index (χ4n) is 2.40. The van der Waals surface area contributed by atoms with Crippen molar-refractivity contribution in [3.63, 3.8) is 0 Å². The van der Waals surface area contributed by atoms with Gasteiger partial charge in [-0.25, -0.2) is 4.57 Å². The van der Waals surface area contributed by atoms with Crippen molar-refractivity contribution in [2.45, 2.75) is 39.7 Å². The number of amides is 2. The van der Waals surface area contributed by atoms with Crippen LogP contribution in [0, 0.1) is 5.41 Å². The molecule has 0 radical (unpaired) electrons. The maximum Gasteiger partial charge on any atom is 0.475 e. The second-order valence-corrected chi connectivity index (χ2v) is 10.0. The summed E-state index contributed by atoms with van der Waals surface area (Å²) < 4.78 is 27.1. The van der Waals surface area contributed by atoms with Crippen LogP contribution in [-0.4, -0.2) is 61.4 Å². The lowest BCUT2D eigenvalue weighted by Crippen LogP contribution is -2.50. The van der Waals surface area contributed by atoms with Crippen LogP contribution in [0.1, 0.15) is 33.6 Å². The molecule has 2 amide bonds. The summed E-state index contributed by atoms with van der Waals surface area (Å²) in [7, 11) is -2.60. The summed E-state index contributed by atoms with van der Waals surface area (Å²) in [5.74, 6) is -0.729. The van der Waals surface area contributed by atoms with E-state index in [-0.39, 0.29) is 49.3 Å². The van der Waals surface area contributed by atoms with E-state index in [1.165, 1.54) is 13.2 Å². The van der Waals surface area contributed by atoms with Crippen LogP contribution in [-0.2, 0) is 37.3 Å². The lowest BCUT2D eigenvalue weighted by molar-refractivity contribution is -0.141. The lowest BCUT2D eigenvalue weighted by atomic mass is 9.87. The maximum absolute atomic E-state index is 12.4. The molecule has 2 atom stereocenters. The lowest BCUT2D eigenvalue weighted by Gasteiger charge is -2.39. The van der Waals surface area contributed by atoms with E-state index in [2.05, 4.69) is 10.6 Å². The zero-order chi connectivity index (χ0) is 22.8. The molecular formula is C18H29N2O8PS. The fraction of sp³-hybridized carbons (Fsp3) is 0.667. The SMILES string of the molecule is C/C=C/C(=O)CC(=O)SCCNC(=O)CCNC(=O)[C@@H]1OP(=O)(OC)OCC1(C)C. The van der Waals surface area contributed by atoms with Gasteiger partial charge in [0.1, 0.15) is 0 Å². The minimum atomic E-state index is -3.77. The molecule has 1 heterocycles. The summed E-state index contributed by atoms with van der Waals surface area (Å²) in [6.45, 7) is 5.50. The summed E-state index contributed by atoms with van der Waals surface area (Å²) in [5.41, 5.74) is -0.725. The average Bonchev–Trinajstić information content (AvgIpc) is 2.67. The second kappa shape index (κ2) is 12.4. The van der Waals surface area contributed by atoms with E-state index in [9.17, 15) is 23.7 Å². The Morgan fingerprint density at radius 2 is 1.93 bits per heavy atom. The number of hydrogen-bond acceptors (Lipinski definition) is 9. The van der Waals surface area contributed by atoms with Gasteiger partial charge in [-0.15, -0.1) is 0 Å². The van der Waals surface area contributed by atoms with Crippen LogP contribution in [0.4, 0.5) is 0 Å². The van der Waals surface area contributed by atoms with Gasteiger partial charge in [0.05, 0.1) is 13.0 Å². The zero-order valence-electron chi connectivity index (χ0n) is 17.6. The van der Waals surface area contributed by atoms with Gasteiger partial charge in [-0.2, -0.15) is 0 Å². The van der Waals surface area contributed by atoms with Gasteiger partial charge in [-0.1, -0.05) is 31.7 Å². The smallest absolute Gasteiger partial charge is 0.355 e. The van der Waals surface area contributed by atoms with E-state index in [0.717, 1.165) is 11.8 Å². The van der Waals surface area contributed by atoms with Crippen molar-refractivity contribution < 1.29 is 37.3 Å². The monoisotopic (exact) mass is 464 g/mol. The Bertz CT molecular complexity index is 725. The van der Waals surface area contributed by atoms with Crippen molar-refractivity contribution in [1.82, 2.24) is 10.6 Å². The molecule has 0 saturated carbocycles. The van der Waals surface area contributed by atoms with Crippen molar-refractivity contribution in [1.29, 1.82) is 0 Å². The number of carbonyl (C=O) groups is 4. The molecule has 0 aromatic carbocycles. The van der Waals surface area contributed by atoms with Gasteiger partial charge in [0.25, 0.3) is 0 Å². The van der Waals surface area contributed by atoms with Gasteiger partial charge in [0, 0.05) is 37.8 Å². The average molecular weight is 464 g/mol. The van der Waals surface area contributed by atoms with Gasteiger partial charge in [0.2, 0.25) is 11.8 Å². The van der Waals surface area contributed by atoms with Crippen LogP contribution in [0.5, 0.6) is 0 Å². The highest BCUT2D eigenvalue weighted by Crippen LogP contribution is 2.56. The third kappa shape index (κ3) is 9.09. The number of carbonyl (C=O) groups excluding carboxylic acids is 4. The summed E-state index contributed by atoms with van der Waals surface area (Å²) in [6.07, 6.45) is 1.72. The molecule has 10 nitrogen and oxygen atoms in total. The molecule has 0 aromatic heterocycles. The number of nitrogens with one attached hydrogen (secondary N) is 2. The van der Waals surface area contributed by atoms with Crippen LogP contribution < -0.4 is 10.6 Å². The van der Waals surface area contributed by atoms with Gasteiger partial charge in [0.15, 0.2) is 17.0 Å². The van der Waals surface area contributed by atoms with E-state index >= 15 is 0 Å². The summed E-state index contributed by atoms with van der Waals surface area (Å²) >= 11 is 0.977. The molecule has 1 fully saturated rings. The molecule has 0 aliphatic carbocycles. The van der Waals surface area contributed by atoms with E-state index in [4.69, 9.17) is 13.6 Å². The van der Waals surface area contributed by atoms with E-state index in [0.29, 0.717) is 5.75 Å². The van der Waals surface area contributed by atoms with Gasteiger partial charge in [-0.3, -0.25) is 32.7 Å². The third-order valence-electron chi connectivity index (χ3n) is 4.01. The van der Waals surface area contributed by atoms with E-state index in [1.807, 2.05) is 0 Å². The first-order valence-electron chi connectivity index (χ1n) is 9.37. The molecule has 0 bridgehead atoms. The van der Waals surface area contributed by atoms with Crippen LogP contribution in [0.2, 0.25) is 0 Å². The number of allylic oxidation sites excluding steroid dienone is 2. The van der Waals surface area contributed by atoms with Crippen molar-refractivity contribution in [2.75, 3.05) is 32.6 Å². The molecule has 12 heteroatoms. The third-order valence-corrected chi connectivity index (χ3v) is 6.25. The number of rotatable bonds is 11. The second-order valence-electron chi connectivity index (χ2n) is 7.13. The fourth-order valence-corrected chi connectivity index (χ4v) is 4.45. The minimum absolute atomic E-state index is 0.0212. The minimum Gasteiger partial charge on any atom is -0.355 e. The van der Waals surface area contributed by atoms with Gasteiger partial charge >= 0.3 is 7.82 Å². The molecule has 2 N–H and O–H groups in total. The molecule has 1 unspecified atom stereocenters. The molecule has 170 valence electrons. The predicted octanol–water partition coefficient (Wildman–Crippen LogP) is 1.60.